The zero-order chi connectivity index (χ0) is 15.2. The molecule has 0 aliphatic rings. The lowest BCUT2D eigenvalue weighted by Gasteiger charge is -2.18. The number of hydrogen-bond donors (Lipinski definition) is 1. The van der Waals surface area contributed by atoms with Crippen LogP contribution in [0.15, 0.2) is 48.5 Å². The maximum atomic E-state index is 13.6. The predicted molar refractivity (Wildman–Crippen MR) is 80.9 cm³/mol. The van der Waals surface area contributed by atoms with Crippen LogP contribution in [0.1, 0.15) is 18.9 Å². The van der Waals surface area contributed by atoms with Crippen molar-refractivity contribution in [1.29, 1.82) is 0 Å². The fourth-order valence-electron chi connectivity index (χ4n) is 1.94. The van der Waals surface area contributed by atoms with Crippen LogP contribution in [0, 0.1) is 12.7 Å². The van der Waals surface area contributed by atoms with Gasteiger partial charge in [0.2, 0.25) is 0 Å². The number of nitrogens with one attached hydrogen (secondary N) is 1. The van der Waals surface area contributed by atoms with Gasteiger partial charge in [-0.05, 0) is 37.1 Å². The molecule has 21 heavy (non-hydrogen) atoms. The van der Waals surface area contributed by atoms with E-state index >= 15 is 0 Å². The maximum absolute atomic E-state index is 13.6. The highest BCUT2D eigenvalue weighted by molar-refractivity contribution is 5.94. The van der Waals surface area contributed by atoms with Gasteiger partial charge in [0, 0.05) is 0 Å². The third kappa shape index (κ3) is 3.81. The number of para-hydroxylation sites is 2. The van der Waals surface area contributed by atoms with Gasteiger partial charge in [0.15, 0.2) is 6.10 Å². The first kappa shape index (κ1) is 15.0. The van der Waals surface area contributed by atoms with Crippen molar-refractivity contribution in [3.63, 3.8) is 0 Å². The van der Waals surface area contributed by atoms with Gasteiger partial charge < -0.3 is 10.1 Å². The van der Waals surface area contributed by atoms with Crippen LogP contribution in [0.2, 0.25) is 0 Å². The van der Waals surface area contributed by atoms with Crippen LogP contribution < -0.4 is 10.1 Å². The summed E-state index contributed by atoms with van der Waals surface area (Å²) in [4.78, 5) is 12.2. The molecule has 1 atom stereocenters. The molecule has 2 aromatic carbocycles. The average Bonchev–Trinajstić information content (AvgIpc) is 2.48. The van der Waals surface area contributed by atoms with E-state index in [1.165, 1.54) is 12.1 Å². The molecular formula is C17H18FNO2. The molecule has 3 nitrogen and oxygen atoms in total. The Morgan fingerprint density at radius 1 is 1.19 bits per heavy atom. The lowest BCUT2D eigenvalue weighted by molar-refractivity contribution is -0.122. The summed E-state index contributed by atoms with van der Waals surface area (Å²) in [6.45, 7) is 3.76. The van der Waals surface area contributed by atoms with Crippen molar-refractivity contribution in [3.8, 4) is 5.75 Å². The van der Waals surface area contributed by atoms with Gasteiger partial charge in [0.1, 0.15) is 11.6 Å². The van der Waals surface area contributed by atoms with Crippen molar-refractivity contribution >= 4 is 11.6 Å². The molecule has 2 rings (SSSR count). The smallest absolute Gasteiger partial charge is 0.265 e. The minimum atomic E-state index is -0.661. The van der Waals surface area contributed by atoms with Crippen molar-refractivity contribution in [2.45, 2.75) is 26.4 Å². The molecule has 0 aromatic heterocycles. The highest BCUT2D eigenvalue weighted by Crippen LogP contribution is 2.20. The van der Waals surface area contributed by atoms with E-state index in [2.05, 4.69) is 5.32 Å². The van der Waals surface area contributed by atoms with E-state index in [0.717, 1.165) is 5.56 Å². The minimum absolute atomic E-state index is 0.161. The first-order chi connectivity index (χ1) is 10.1. The second-order valence-electron chi connectivity index (χ2n) is 4.75. The van der Waals surface area contributed by atoms with Crippen LogP contribution in [0.4, 0.5) is 10.1 Å². The van der Waals surface area contributed by atoms with E-state index in [0.29, 0.717) is 12.2 Å². The maximum Gasteiger partial charge on any atom is 0.265 e. The van der Waals surface area contributed by atoms with E-state index in [1.54, 1.807) is 12.1 Å². The van der Waals surface area contributed by atoms with Crippen molar-refractivity contribution in [2.75, 3.05) is 5.32 Å². The van der Waals surface area contributed by atoms with Gasteiger partial charge in [-0.15, -0.1) is 0 Å². The Hall–Kier alpha value is -2.36. The third-order valence-corrected chi connectivity index (χ3v) is 3.16. The van der Waals surface area contributed by atoms with Gasteiger partial charge in [-0.1, -0.05) is 37.3 Å². The number of amides is 1. The van der Waals surface area contributed by atoms with Gasteiger partial charge in [-0.3, -0.25) is 4.79 Å². The molecule has 110 valence electrons. The number of benzene rings is 2. The van der Waals surface area contributed by atoms with Crippen LogP contribution in [-0.4, -0.2) is 12.0 Å². The molecule has 4 heteroatoms. The summed E-state index contributed by atoms with van der Waals surface area (Å²) in [6, 6.07) is 13.6. The Bertz CT molecular complexity index is 628. The lowest BCUT2D eigenvalue weighted by Crippen LogP contribution is -2.32. The van der Waals surface area contributed by atoms with E-state index in [1.807, 2.05) is 38.1 Å². The number of aryl methyl sites for hydroxylation is 1. The van der Waals surface area contributed by atoms with Crippen LogP contribution in [-0.2, 0) is 4.79 Å². The number of carbonyl (C=O) groups excluding carboxylic acids is 1. The van der Waals surface area contributed by atoms with Crippen LogP contribution >= 0.6 is 0 Å². The van der Waals surface area contributed by atoms with Gasteiger partial charge in [-0.2, -0.15) is 0 Å². The van der Waals surface area contributed by atoms with Gasteiger partial charge in [0.05, 0.1) is 5.69 Å². The second-order valence-corrected chi connectivity index (χ2v) is 4.75. The molecule has 0 aliphatic carbocycles. The van der Waals surface area contributed by atoms with Crippen LogP contribution in [0.5, 0.6) is 5.75 Å². The quantitative estimate of drug-likeness (QED) is 0.905. The van der Waals surface area contributed by atoms with E-state index < -0.39 is 11.9 Å². The molecule has 0 saturated heterocycles. The number of rotatable bonds is 5. The Morgan fingerprint density at radius 2 is 1.86 bits per heavy atom. The third-order valence-electron chi connectivity index (χ3n) is 3.16. The molecule has 0 bridgehead atoms. The molecule has 2 aromatic rings. The number of hydrogen-bond acceptors (Lipinski definition) is 2. The standard InChI is InChI=1S/C17H18FNO2/c1-3-15(21-16-11-7-4-8-12(16)2)17(20)19-14-10-6-5-9-13(14)18/h4-11,15H,3H2,1-2H3,(H,19,20)/t15-/m0/s1. The van der Waals surface area contributed by atoms with Gasteiger partial charge in [0.25, 0.3) is 5.91 Å². The van der Waals surface area contributed by atoms with Gasteiger partial charge in [-0.25, -0.2) is 4.39 Å². The fraction of sp³-hybridized carbons (Fsp3) is 0.235. The first-order valence-corrected chi connectivity index (χ1v) is 6.89. The summed E-state index contributed by atoms with van der Waals surface area (Å²) in [5.74, 6) is -0.157. The van der Waals surface area contributed by atoms with Crippen LogP contribution in [0.3, 0.4) is 0 Å². The SMILES string of the molecule is CC[C@H](Oc1ccccc1C)C(=O)Nc1ccccc1F. The zero-order valence-electron chi connectivity index (χ0n) is 12.1. The molecular weight excluding hydrogens is 269 g/mol. The number of anilines is 1. The molecule has 1 amide bonds. The number of halogens is 1. The van der Waals surface area contributed by atoms with Crippen LogP contribution in [0.25, 0.3) is 0 Å². The number of carbonyl (C=O) groups is 1. The predicted octanol–water partition coefficient (Wildman–Crippen LogP) is 3.93. The second kappa shape index (κ2) is 6.88. The summed E-state index contributed by atoms with van der Waals surface area (Å²) < 4.78 is 19.3. The Balaban J connectivity index is 2.09. The van der Waals surface area contributed by atoms with Crippen molar-refractivity contribution in [3.05, 3.63) is 59.9 Å². The average molecular weight is 287 g/mol. The first-order valence-electron chi connectivity index (χ1n) is 6.89. The Kier molecular flexibility index (Phi) is 4.93. The molecule has 0 aliphatic heterocycles. The van der Waals surface area contributed by atoms with E-state index in [-0.39, 0.29) is 11.6 Å². The lowest BCUT2D eigenvalue weighted by atomic mass is 10.2. The molecule has 0 saturated carbocycles. The zero-order valence-corrected chi connectivity index (χ0v) is 12.1. The molecule has 1 N–H and O–H groups in total. The molecule has 0 fully saturated rings. The van der Waals surface area contributed by atoms with E-state index in [9.17, 15) is 9.18 Å². The molecule has 0 radical (unpaired) electrons. The molecule has 0 unspecified atom stereocenters. The highest BCUT2D eigenvalue weighted by Gasteiger charge is 2.20. The minimum Gasteiger partial charge on any atom is -0.480 e. The summed E-state index contributed by atoms with van der Waals surface area (Å²) in [6.07, 6.45) is -0.167. The van der Waals surface area contributed by atoms with Crippen molar-refractivity contribution in [1.82, 2.24) is 0 Å². The summed E-state index contributed by atoms with van der Waals surface area (Å²) in [7, 11) is 0. The largest absolute Gasteiger partial charge is 0.480 e. The van der Waals surface area contributed by atoms with Gasteiger partial charge >= 0.3 is 0 Å². The Labute approximate surface area is 123 Å². The topological polar surface area (TPSA) is 38.3 Å². The Morgan fingerprint density at radius 3 is 2.52 bits per heavy atom. The highest BCUT2D eigenvalue weighted by atomic mass is 19.1. The fourth-order valence-corrected chi connectivity index (χ4v) is 1.94. The molecule has 0 spiro atoms. The summed E-state index contributed by atoms with van der Waals surface area (Å²) in [5, 5.41) is 2.56. The monoisotopic (exact) mass is 287 g/mol. The van der Waals surface area contributed by atoms with Crippen molar-refractivity contribution < 1.29 is 13.9 Å². The summed E-state index contributed by atoms with van der Waals surface area (Å²) in [5.41, 5.74) is 1.11. The van der Waals surface area contributed by atoms with E-state index in [4.69, 9.17) is 4.74 Å². The normalized spacial score (nSPS) is 11.8. The molecule has 0 heterocycles. The summed E-state index contributed by atoms with van der Waals surface area (Å²) >= 11 is 0. The number of ether oxygens (including phenoxy) is 1. The van der Waals surface area contributed by atoms with Crippen molar-refractivity contribution in [2.24, 2.45) is 0 Å².